The van der Waals surface area contributed by atoms with E-state index in [0.717, 1.165) is 13.0 Å². The third-order valence-corrected chi connectivity index (χ3v) is 7.22. The monoisotopic (exact) mass is 435 g/mol. The highest BCUT2D eigenvalue weighted by molar-refractivity contribution is 4.84. The van der Waals surface area contributed by atoms with E-state index in [1.807, 2.05) is 13.1 Å². The van der Waals surface area contributed by atoms with E-state index >= 15 is 0 Å². The maximum Gasteiger partial charge on any atom is 0.193 e. The maximum atomic E-state index is 10.2. The summed E-state index contributed by atoms with van der Waals surface area (Å²) in [7, 11) is 0. The lowest BCUT2D eigenvalue weighted by atomic mass is 10.0. The molecule has 3 nitrogen and oxygen atoms in total. The molecule has 0 aromatic carbocycles. The van der Waals surface area contributed by atoms with Crippen molar-refractivity contribution in [2.45, 2.75) is 149 Å². The summed E-state index contributed by atoms with van der Waals surface area (Å²) in [5.41, 5.74) is 0. The summed E-state index contributed by atoms with van der Waals surface area (Å²) in [6.07, 6.45) is 33.6. The number of rotatable bonds is 21. The molecule has 1 aliphatic heterocycles. The molecule has 0 spiro atoms. The molecule has 0 saturated carbocycles. The van der Waals surface area contributed by atoms with Crippen LogP contribution in [0.5, 0.6) is 0 Å². The smallest absolute Gasteiger partial charge is 0.193 e. The normalized spacial score (nSPS) is 21.7. The molecule has 0 saturated heterocycles. The molecule has 0 aromatic heterocycles. The van der Waals surface area contributed by atoms with E-state index in [2.05, 4.69) is 37.5 Å². The van der Waals surface area contributed by atoms with Crippen molar-refractivity contribution in [3.8, 4) is 0 Å². The summed E-state index contributed by atoms with van der Waals surface area (Å²) in [5.74, 6) is 0. The Morgan fingerprint density at radius 3 is 1.71 bits per heavy atom. The number of hydrogen-bond acceptors (Lipinski definition) is 2. The standard InChI is InChI=1S/C28H55N2O/c1-4-6-7-8-9-10-11-12-13-14-15-16-17-18-19-20-21-22-23-24-28-29-25-26-30(28,5-2)27(3)31/h6-7,25-29,31H,4-5,8-24H2,1-3H3/q+1/b7-6+. The Morgan fingerprint density at radius 1 is 0.774 bits per heavy atom. The minimum absolute atomic E-state index is 0.334. The highest BCUT2D eigenvalue weighted by Crippen LogP contribution is 2.26. The van der Waals surface area contributed by atoms with Crippen molar-refractivity contribution in [1.82, 2.24) is 5.32 Å². The predicted molar refractivity (Wildman–Crippen MR) is 136 cm³/mol. The molecule has 0 aromatic rings. The third kappa shape index (κ3) is 12.1. The van der Waals surface area contributed by atoms with Gasteiger partial charge in [0.1, 0.15) is 6.20 Å². The first-order chi connectivity index (χ1) is 15.2. The highest BCUT2D eigenvalue weighted by Gasteiger charge is 2.40. The Bertz CT molecular complexity index is 460. The van der Waals surface area contributed by atoms with Gasteiger partial charge in [0.2, 0.25) is 0 Å². The van der Waals surface area contributed by atoms with E-state index in [0.29, 0.717) is 10.6 Å². The Hall–Kier alpha value is -0.800. The van der Waals surface area contributed by atoms with E-state index in [-0.39, 0.29) is 6.23 Å². The molecule has 3 heteroatoms. The van der Waals surface area contributed by atoms with E-state index < -0.39 is 0 Å². The van der Waals surface area contributed by atoms with E-state index in [1.54, 1.807) is 0 Å². The summed E-state index contributed by atoms with van der Waals surface area (Å²) in [4.78, 5) is 0. The second kappa shape index (κ2) is 18.7. The van der Waals surface area contributed by atoms with E-state index in [9.17, 15) is 5.11 Å². The van der Waals surface area contributed by atoms with Crippen molar-refractivity contribution in [2.24, 2.45) is 0 Å². The number of hydrogen-bond donors (Lipinski definition) is 2. The van der Waals surface area contributed by atoms with Crippen LogP contribution >= 0.6 is 0 Å². The topological polar surface area (TPSA) is 32.3 Å². The van der Waals surface area contributed by atoms with Crippen molar-refractivity contribution in [2.75, 3.05) is 6.54 Å². The molecular formula is C28H55N2O+. The van der Waals surface area contributed by atoms with E-state index in [1.165, 1.54) is 109 Å². The number of nitrogens with one attached hydrogen (secondary N) is 1. The lowest BCUT2D eigenvalue weighted by Crippen LogP contribution is -2.57. The number of unbranched alkanes of at least 4 members (excludes halogenated alkanes) is 15. The second-order valence-electron chi connectivity index (χ2n) is 9.70. The minimum Gasteiger partial charge on any atom is -0.345 e. The molecule has 3 unspecified atom stereocenters. The lowest BCUT2D eigenvalue weighted by Gasteiger charge is -2.39. The van der Waals surface area contributed by atoms with Gasteiger partial charge < -0.3 is 10.4 Å². The van der Waals surface area contributed by atoms with Crippen LogP contribution < -0.4 is 5.32 Å². The molecule has 31 heavy (non-hydrogen) atoms. The average Bonchev–Trinajstić information content (AvgIpc) is 3.19. The molecule has 0 radical (unpaired) electrons. The molecule has 3 atom stereocenters. The third-order valence-electron chi connectivity index (χ3n) is 7.22. The van der Waals surface area contributed by atoms with Gasteiger partial charge in [-0.25, -0.2) is 0 Å². The summed E-state index contributed by atoms with van der Waals surface area (Å²) in [6.45, 7) is 7.25. The number of allylic oxidation sites excluding steroid dienone is 2. The fourth-order valence-corrected chi connectivity index (χ4v) is 5.02. The minimum atomic E-state index is -0.334. The van der Waals surface area contributed by atoms with Gasteiger partial charge in [-0.05, 0) is 32.6 Å². The van der Waals surface area contributed by atoms with Crippen LogP contribution in [0.25, 0.3) is 0 Å². The van der Waals surface area contributed by atoms with Gasteiger partial charge in [0.05, 0.1) is 12.7 Å². The first kappa shape index (κ1) is 28.2. The molecular weight excluding hydrogens is 380 g/mol. The molecule has 1 aliphatic rings. The van der Waals surface area contributed by atoms with Crippen molar-refractivity contribution in [1.29, 1.82) is 0 Å². The molecule has 0 amide bonds. The SMILES string of the molecule is CC/C=C/CCCCCCCCCCCCCCCCCC1NC=C[N+]1(CC)C(C)O. The first-order valence-electron chi connectivity index (χ1n) is 13.8. The zero-order valence-electron chi connectivity index (χ0n) is 21.3. The van der Waals surface area contributed by atoms with Crippen LogP contribution in [0.2, 0.25) is 0 Å². The van der Waals surface area contributed by atoms with Crippen LogP contribution in [0.15, 0.2) is 24.6 Å². The highest BCUT2D eigenvalue weighted by atomic mass is 16.3. The first-order valence-corrected chi connectivity index (χ1v) is 13.8. The van der Waals surface area contributed by atoms with Crippen LogP contribution in [0, 0.1) is 0 Å². The van der Waals surface area contributed by atoms with Gasteiger partial charge in [0.25, 0.3) is 0 Å². The number of aliphatic hydroxyl groups excluding tert-OH is 1. The maximum absolute atomic E-state index is 10.2. The molecule has 1 heterocycles. The van der Waals surface area contributed by atoms with Gasteiger partial charge in [-0.2, -0.15) is 0 Å². The molecule has 0 fully saturated rings. The number of nitrogens with zero attached hydrogens (tertiary/aromatic N) is 1. The summed E-state index contributed by atoms with van der Waals surface area (Å²) in [6, 6.07) is 0. The Labute approximate surface area is 195 Å². The van der Waals surface area contributed by atoms with Crippen LogP contribution in [0.4, 0.5) is 0 Å². The fourth-order valence-electron chi connectivity index (χ4n) is 5.02. The van der Waals surface area contributed by atoms with Crippen LogP contribution in [0.3, 0.4) is 0 Å². The van der Waals surface area contributed by atoms with Crippen molar-refractivity contribution >= 4 is 0 Å². The Morgan fingerprint density at radius 2 is 1.26 bits per heavy atom. The Balaban J connectivity index is 1.82. The summed E-state index contributed by atoms with van der Waals surface area (Å²) >= 11 is 0. The van der Waals surface area contributed by atoms with Gasteiger partial charge in [-0.1, -0.05) is 103 Å². The van der Waals surface area contributed by atoms with Crippen molar-refractivity contribution in [3.63, 3.8) is 0 Å². The van der Waals surface area contributed by atoms with Gasteiger partial charge in [0.15, 0.2) is 12.4 Å². The fraction of sp³-hybridized carbons (Fsp3) is 0.857. The summed E-state index contributed by atoms with van der Waals surface area (Å²) in [5, 5.41) is 13.7. The molecule has 1 rings (SSSR count). The predicted octanol–water partition coefficient (Wildman–Crippen LogP) is 8.16. The molecule has 182 valence electrons. The van der Waals surface area contributed by atoms with Crippen LogP contribution in [-0.2, 0) is 0 Å². The number of aliphatic hydroxyl groups is 1. The zero-order valence-corrected chi connectivity index (χ0v) is 21.3. The van der Waals surface area contributed by atoms with Crippen LogP contribution in [0.1, 0.15) is 136 Å². The zero-order chi connectivity index (χ0) is 22.6. The van der Waals surface area contributed by atoms with E-state index in [4.69, 9.17) is 0 Å². The van der Waals surface area contributed by atoms with Crippen LogP contribution in [-0.4, -0.2) is 28.5 Å². The Kier molecular flexibility index (Phi) is 17.1. The molecule has 0 aliphatic carbocycles. The average molecular weight is 436 g/mol. The van der Waals surface area contributed by atoms with Gasteiger partial charge >= 0.3 is 0 Å². The number of quaternary nitrogens is 1. The molecule has 2 N–H and O–H groups in total. The van der Waals surface area contributed by atoms with Gasteiger partial charge in [-0.3, -0.25) is 4.48 Å². The molecule has 0 bridgehead atoms. The van der Waals surface area contributed by atoms with Crippen molar-refractivity contribution < 1.29 is 9.59 Å². The van der Waals surface area contributed by atoms with Gasteiger partial charge in [0, 0.05) is 13.3 Å². The van der Waals surface area contributed by atoms with Crippen molar-refractivity contribution in [3.05, 3.63) is 24.6 Å². The largest absolute Gasteiger partial charge is 0.345 e. The lowest BCUT2D eigenvalue weighted by molar-refractivity contribution is -0.942. The summed E-state index contributed by atoms with van der Waals surface area (Å²) < 4.78 is 0.677. The van der Waals surface area contributed by atoms with Gasteiger partial charge in [-0.15, -0.1) is 0 Å². The second-order valence-corrected chi connectivity index (χ2v) is 9.70. The quantitative estimate of drug-likeness (QED) is 0.108.